The molecular weight excluding hydrogens is 191 g/mol. The van der Waals surface area contributed by atoms with Crippen LogP contribution in [0.15, 0.2) is 30.3 Å². The summed E-state index contributed by atoms with van der Waals surface area (Å²) in [6, 6.07) is 10.6. The smallest absolute Gasteiger partial charge is 0.218 e. The van der Waals surface area contributed by atoms with Gasteiger partial charge >= 0.3 is 0 Å². The zero-order valence-electron chi connectivity index (χ0n) is 8.23. The molecule has 0 unspecified atom stereocenters. The van der Waals surface area contributed by atoms with Crippen molar-refractivity contribution >= 4 is 32.9 Å². The van der Waals surface area contributed by atoms with E-state index >= 15 is 0 Å². The van der Waals surface area contributed by atoms with Gasteiger partial charge in [-0.3, -0.25) is 0 Å². The molecule has 0 aliphatic rings. The van der Waals surface area contributed by atoms with Gasteiger partial charge in [-0.25, -0.2) is 0 Å². The first-order chi connectivity index (χ1) is 6.85. The van der Waals surface area contributed by atoms with E-state index in [1.165, 1.54) is 14.9 Å². The summed E-state index contributed by atoms with van der Waals surface area (Å²) in [5.74, 6) is 0. The second-order valence-electron chi connectivity index (χ2n) is 3.47. The number of benzene rings is 1. The van der Waals surface area contributed by atoms with Gasteiger partial charge in [0.15, 0.2) is 0 Å². The van der Waals surface area contributed by atoms with E-state index in [4.69, 9.17) is 0 Å². The standard InChI is InChI=1S/C11H13BOS/c1-2-12(8-13)11-7-9-5-3-4-6-10(9)14-11/h3-7,13H,2,8H2,1H3. The zero-order valence-corrected chi connectivity index (χ0v) is 9.05. The van der Waals surface area contributed by atoms with Gasteiger partial charge in [0.25, 0.3) is 0 Å². The van der Waals surface area contributed by atoms with Crippen molar-refractivity contribution in [3.63, 3.8) is 0 Å². The monoisotopic (exact) mass is 204 g/mol. The van der Waals surface area contributed by atoms with Crippen LogP contribution in [0.25, 0.3) is 10.1 Å². The molecule has 2 rings (SSSR count). The molecule has 0 saturated carbocycles. The first-order valence-electron chi connectivity index (χ1n) is 4.94. The molecule has 0 saturated heterocycles. The molecular formula is C11H13BOS. The molecule has 3 heteroatoms. The number of rotatable bonds is 3. The van der Waals surface area contributed by atoms with Crippen LogP contribution in [0.3, 0.4) is 0 Å². The van der Waals surface area contributed by atoms with Gasteiger partial charge in [-0.05, 0) is 22.3 Å². The lowest BCUT2D eigenvalue weighted by atomic mass is 9.47. The van der Waals surface area contributed by atoms with Crippen molar-refractivity contribution in [2.75, 3.05) is 6.51 Å². The third kappa shape index (κ3) is 1.70. The SMILES string of the molecule is CCB(CO)c1cc2ccccc2s1. The normalized spacial score (nSPS) is 10.7. The van der Waals surface area contributed by atoms with Gasteiger partial charge in [0.05, 0.1) is 0 Å². The first-order valence-corrected chi connectivity index (χ1v) is 5.76. The summed E-state index contributed by atoms with van der Waals surface area (Å²) in [7, 11) is 0. The second kappa shape index (κ2) is 4.15. The summed E-state index contributed by atoms with van der Waals surface area (Å²) in [5, 5.41) is 10.5. The lowest BCUT2D eigenvalue weighted by Crippen LogP contribution is -2.30. The molecule has 1 aromatic heterocycles. The average molecular weight is 204 g/mol. The van der Waals surface area contributed by atoms with Gasteiger partial charge in [-0.2, -0.15) is 11.3 Å². The molecule has 14 heavy (non-hydrogen) atoms. The third-order valence-electron chi connectivity index (χ3n) is 2.56. The van der Waals surface area contributed by atoms with Crippen molar-refractivity contribution in [1.82, 2.24) is 0 Å². The predicted molar refractivity (Wildman–Crippen MR) is 64.8 cm³/mol. The minimum absolute atomic E-state index is 0.253. The number of aliphatic hydroxyl groups is 1. The van der Waals surface area contributed by atoms with E-state index in [0.717, 1.165) is 6.32 Å². The van der Waals surface area contributed by atoms with Crippen molar-refractivity contribution in [3.05, 3.63) is 30.3 Å². The van der Waals surface area contributed by atoms with Crippen LogP contribution in [0.2, 0.25) is 6.32 Å². The Bertz CT molecular complexity index is 387. The van der Waals surface area contributed by atoms with Crippen molar-refractivity contribution in [2.24, 2.45) is 0 Å². The number of fused-ring (bicyclic) bond motifs is 1. The van der Waals surface area contributed by atoms with Crippen LogP contribution in [0, 0.1) is 0 Å². The average Bonchev–Trinajstić information content (AvgIpc) is 2.63. The van der Waals surface area contributed by atoms with E-state index in [-0.39, 0.29) is 6.51 Å². The van der Waals surface area contributed by atoms with E-state index in [1.807, 2.05) is 0 Å². The second-order valence-corrected chi connectivity index (χ2v) is 4.59. The van der Waals surface area contributed by atoms with E-state index in [0.29, 0.717) is 6.71 Å². The molecule has 0 fully saturated rings. The van der Waals surface area contributed by atoms with Gasteiger partial charge in [0.2, 0.25) is 6.71 Å². The van der Waals surface area contributed by atoms with Crippen LogP contribution >= 0.6 is 11.3 Å². The maximum atomic E-state index is 9.21. The van der Waals surface area contributed by atoms with Crippen LogP contribution in [-0.4, -0.2) is 18.3 Å². The minimum atomic E-state index is 0.253. The highest BCUT2D eigenvalue weighted by molar-refractivity contribution is 7.29. The van der Waals surface area contributed by atoms with Gasteiger partial charge in [0.1, 0.15) is 0 Å². The fourth-order valence-corrected chi connectivity index (χ4v) is 2.86. The minimum Gasteiger partial charge on any atom is -0.404 e. The number of hydrogen-bond donors (Lipinski definition) is 1. The van der Waals surface area contributed by atoms with E-state index < -0.39 is 0 Å². The summed E-state index contributed by atoms with van der Waals surface area (Å²) in [6.45, 7) is 2.68. The van der Waals surface area contributed by atoms with Gasteiger partial charge < -0.3 is 5.11 Å². The van der Waals surface area contributed by atoms with Crippen molar-refractivity contribution in [1.29, 1.82) is 0 Å². The molecule has 72 valence electrons. The molecule has 0 radical (unpaired) electrons. The molecule has 1 heterocycles. The molecule has 0 aliphatic carbocycles. The fourth-order valence-electron chi connectivity index (χ4n) is 1.62. The Morgan fingerprint density at radius 3 is 2.79 bits per heavy atom. The van der Waals surface area contributed by atoms with E-state index in [1.54, 1.807) is 11.3 Å². The molecule has 1 N–H and O–H groups in total. The van der Waals surface area contributed by atoms with Crippen LogP contribution in [0.4, 0.5) is 0 Å². The first kappa shape index (κ1) is 9.75. The maximum absolute atomic E-state index is 9.21. The lowest BCUT2D eigenvalue weighted by Gasteiger charge is -2.02. The van der Waals surface area contributed by atoms with Crippen molar-refractivity contribution in [3.8, 4) is 0 Å². The fraction of sp³-hybridized carbons (Fsp3) is 0.273. The van der Waals surface area contributed by atoms with Crippen molar-refractivity contribution in [2.45, 2.75) is 13.2 Å². The maximum Gasteiger partial charge on any atom is 0.218 e. The lowest BCUT2D eigenvalue weighted by molar-refractivity contribution is 0.363. The van der Waals surface area contributed by atoms with Crippen LogP contribution in [-0.2, 0) is 0 Å². The third-order valence-corrected chi connectivity index (χ3v) is 3.84. The summed E-state index contributed by atoms with van der Waals surface area (Å²) in [6.07, 6.45) is 1.00. The van der Waals surface area contributed by atoms with Gasteiger partial charge in [0, 0.05) is 11.2 Å². The molecule has 2 aromatic rings. The summed E-state index contributed by atoms with van der Waals surface area (Å²) >= 11 is 1.79. The van der Waals surface area contributed by atoms with Crippen LogP contribution in [0.1, 0.15) is 6.92 Å². The van der Waals surface area contributed by atoms with E-state index in [2.05, 4.69) is 37.3 Å². The number of aliphatic hydroxyl groups excluding tert-OH is 1. The summed E-state index contributed by atoms with van der Waals surface area (Å²) < 4.78 is 2.62. The molecule has 0 aliphatic heterocycles. The molecule has 0 atom stereocenters. The Morgan fingerprint density at radius 2 is 2.14 bits per heavy atom. The number of thiophene rings is 1. The Hall–Kier alpha value is -0.795. The molecule has 0 spiro atoms. The summed E-state index contributed by atoms with van der Waals surface area (Å²) in [4.78, 5) is 0. The molecule has 0 amide bonds. The molecule has 1 nitrogen and oxygen atoms in total. The topological polar surface area (TPSA) is 20.2 Å². The highest BCUT2D eigenvalue weighted by Gasteiger charge is 2.15. The Labute approximate surface area is 88.5 Å². The van der Waals surface area contributed by atoms with Crippen LogP contribution < -0.4 is 4.78 Å². The Kier molecular flexibility index (Phi) is 2.89. The van der Waals surface area contributed by atoms with Crippen molar-refractivity contribution < 1.29 is 5.11 Å². The number of hydrogen-bond acceptors (Lipinski definition) is 2. The summed E-state index contributed by atoms with van der Waals surface area (Å²) in [5.41, 5.74) is 0. The van der Waals surface area contributed by atoms with Gasteiger partial charge in [-0.1, -0.05) is 31.4 Å². The largest absolute Gasteiger partial charge is 0.404 e. The highest BCUT2D eigenvalue weighted by atomic mass is 32.1. The Morgan fingerprint density at radius 1 is 1.36 bits per heavy atom. The Balaban J connectivity index is 2.43. The van der Waals surface area contributed by atoms with Gasteiger partial charge in [-0.15, -0.1) is 0 Å². The quantitative estimate of drug-likeness (QED) is 0.759. The highest BCUT2D eigenvalue weighted by Crippen LogP contribution is 2.19. The molecule has 1 aromatic carbocycles. The zero-order chi connectivity index (χ0) is 9.97. The molecule has 0 bridgehead atoms. The van der Waals surface area contributed by atoms with E-state index in [9.17, 15) is 5.11 Å². The predicted octanol–water partition coefficient (Wildman–Crippen LogP) is 2.15. The van der Waals surface area contributed by atoms with Crippen LogP contribution in [0.5, 0.6) is 0 Å².